The average Bonchev–Trinajstić information content (AvgIpc) is 3.03. The molecule has 9 nitrogen and oxygen atoms in total. The molecule has 0 atom stereocenters. The summed E-state index contributed by atoms with van der Waals surface area (Å²) >= 11 is 0. The van der Waals surface area contributed by atoms with E-state index in [1.165, 1.54) is 0 Å². The number of hydrogen-bond acceptors (Lipinski definition) is 6. The van der Waals surface area contributed by atoms with Gasteiger partial charge in [0.15, 0.2) is 11.5 Å². The van der Waals surface area contributed by atoms with Gasteiger partial charge in [0.25, 0.3) is 5.91 Å². The van der Waals surface area contributed by atoms with Gasteiger partial charge in [0.1, 0.15) is 0 Å². The number of amides is 1. The maximum absolute atomic E-state index is 11.6. The smallest absolute Gasteiger partial charge is 0.272 e. The molecule has 1 amide bonds. The number of aromatic hydroxyl groups is 1. The van der Waals surface area contributed by atoms with Gasteiger partial charge in [0.05, 0.1) is 11.9 Å². The number of hydrogen-bond donors (Lipinski definition) is 3. The summed E-state index contributed by atoms with van der Waals surface area (Å²) in [5.41, 5.74) is 0.937. The standard InChI is InChI=1S/C11H9N7O2/c19-9(5-8-13-17-18-14-8)15-16-10-6-3-1-2-4-7(6)12-11(10)20/h1-4,12,20H,5H2,(H,13,14,17,18). The van der Waals surface area contributed by atoms with E-state index in [0.29, 0.717) is 10.9 Å². The first kappa shape index (κ1) is 12.0. The Morgan fingerprint density at radius 2 is 2.20 bits per heavy atom. The van der Waals surface area contributed by atoms with Crippen molar-refractivity contribution in [2.45, 2.75) is 6.42 Å². The zero-order valence-corrected chi connectivity index (χ0v) is 10.1. The second-order valence-electron chi connectivity index (χ2n) is 3.97. The van der Waals surface area contributed by atoms with Crippen LogP contribution in [-0.4, -0.2) is 36.6 Å². The summed E-state index contributed by atoms with van der Waals surface area (Å²) < 4.78 is 0. The van der Waals surface area contributed by atoms with Crippen molar-refractivity contribution in [2.24, 2.45) is 10.2 Å². The van der Waals surface area contributed by atoms with E-state index in [0.717, 1.165) is 0 Å². The van der Waals surface area contributed by atoms with Crippen molar-refractivity contribution in [3.8, 4) is 5.88 Å². The molecule has 0 saturated heterocycles. The third-order valence-corrected chi connectivity index (χ3v) is 2.62. The minimum atomic E-state index is -0.531. The quantitative estimate of drug-likeness (QED) is 0.616. The lowest BCUT2D eigenvalue weighted by Crippen LogP contribution is -2.00. The highest BCUT2D eigenvalue weighted by Gasteiger charge is 2.11. The van der Waals surface area contributed by atoms with Crippen molar-refractivity contribution in [3.05, 3.63) is 30.1 Å². The maximum Gasteiger partial charge on any atom is 0.272 e. The van der Waals surface area contributed by atoms with Crippen molar-refractivity contribution in [1.29, 1.82) is 0 Å². The average molecular weight is 271 g/mol. The van der Waals surface area contributed by atoms with Crippen molar-refractivity contribution < 1.29 is 9.90 Å². The van der Waals surface area contributed by atoms with Gasteiger partial charge in [-0.3, -0.25) is 4.79 Å². The summed E-state index contributed by atoms with van der Waals surface area (Å²) in [6.45, 7) is 0. The number of aromatic nitrogens is 5. The van der Waals surface area contributed by atoms with Crippen LogP contribution in [0.4, 0.5) is 5.69 Å². The Balaban J connectivity index is 1.83. The van der Waals surface area contributed by atoms with E-state index in [4.69, 9.17) is 0 Å². The largest absolute Gasteiger partial charge is 0.493 e. The summed E-state index contributed by atoms with van der Waals surface area (Å²) in [5.74, 6) is -0.435. The van der Waals surface area contributed by atoms with Crippen LogP contribution in [0.25, 0.3) is 10.9 Å². The molecular formula is C11H9N7O2. The summed E-state index contributed by atoms with van der Waals surface area (Å²) in [6.07, 6.45) is -0.108. The van der Waals surface area contributed by atoms with Gasteiger partial charge in [-0.1, -0.05) is 23.4 Å². The minimum Gasteiger partial charge on any atom is -0.493 e. The molecule has 3 N–H and O–H groups in total. The molecule has 0 aliphatic carbocycles. The highest BCUT2D eigenvalue weighted by atomic mass is 16.3. The van der Waals surface area contributed by atoms with E-state index in [9.17, 15) is 9.90 Å². The van der Waals surface area contributed by atoms with Crippen LogP contribution in [0.2, 0.25) is 0 Å². The predicted molar refractivity (Wildman–Crippen MR) is 67.4 cm³/mol. The molecule has 3 aromatic rings. The number of nitrogens with one attached hydrogen (secondary N) is 2. The number of carbonyl (C=O) groups is 1. The fraction of sp³-hybridized carbons (Fsp3) is 0.0909. The van der Waals surface area contributed by atoms with Gasteiger partial charge in [0, 0.05) is 5.39 Å². The molecule has 2 heterocycles. The van der Waals surface area contributed by atoms with Crippen LogP contribution in [0.5, 0.6) is 5.88 Å². The normalized spacial score (nSPS) is 11.4. The highest BCUT2D eigenvalue weighted by Crippen LogP contribution is 2.35. The summed E-state index contributed by atoms with van der Waals surface area (Å²) in [5, 5.41) is 30.6. The lowest BCUT2D eigenvalue weighted by Gasteiger charge is -1.91. The van der Waals surface area contributed by atoms with Crippen LogP contribution in [-0.2, 0) is 11.2 Å². The highest BCUT2D eigenvalue weighted by molar-refractivity contribution is 5.94. The van der Waals surface area contributed by atoms with Gasteiger partial charge in [-0.2, -0.15) is 5.21 Å². The molecule has 0 aliphatic rings. The Kier molecular flexibility index (Phi) is 2.92. The van der Waals surface area contributed by atoms with Gasteiger partial charge < -0.3 is 10.1 Å². The zero-order valence-electron chi connectivity index (χ0n) is 10.1. The third-order valence-electron chi connectivity index (χ3n) is 2.62. The van der Waals surface area contributed by atoms with Gasteiger partial charge >= 0.3 is 0 Å². The molecule has 2 aromatic heterocycles. The topological polar surface area (TPSA) is 132 Å². The molecule has 9 heteroatoms. The van der Waals surface area contributed by atoms with Crippen molar-refractivity contribution in [2.75, 3.05) is 0 Å². The van der Waals surface area contributed by atoms with E-state index in [-0.39, 0.29) is 23.8 Å². The Hall–Kier alpha value is -3.10. The number of tetrazole rings is 1. The lowest BCUT2D eigenvalue weighted by molar-refractivity contribution is -0.117. The molecule has 20 heavy (non-hydrogen) atoms. The maximum atomic E-state index is 11.6. The Labute approximate surface area is 111 Å². The zero-order chi connectivity index (χ0) is 13.9. The summed E-state index contributed by atoms with van der Waals surface area (Å²) in [6, 6.07) is 7.18. The van der Waals surface area contributed by atoms with Crippen LogP contribution in [0.3, 0.4) is 0 Å². The van der Waals surface area contributed by atoms with Crippen molar-refractivity contribution in [1.82, 2.24) is 25.6 Å². The predicted octanol–water partition coefficient (Wildman–Crippen LogP) is 1.24. The number of azo groups is 1. The van der Waals surface area contributed by atoms with E-state index in [1.54, 1.807) is 18.2 Å². The molecular weight excluding hydrogens is 262 g/mol. The summed E-state index contributed by atoms with van der Waals surface area (Å²) in [4.78, 5) is 14.3. The number of benzene rings is 1. The van der Waals surface area contributed by atoms with Gasteiger partial charge in [-0.25, -0.2) is 0 Å². The third kappa shape index (κ3) is 2.23. The van der Waals surface area contributed by atoms with E-state index < -0.39 is 5.91 Å². The molecule has 0 unspecified atom stereocenters. The SMILES string of the molecule is O=C(Cc1nn[nH]n1)N=Nc1c(O)[nH]c2ccccc12. The first-order chi connectivity index (χ1) is 9.74. The second-order valence-corrected chi connectivity index (χ2v) is 3.97. The van der Waals surface area contributed by atoms with Crippen LogP contribution >= 0.6 is 0 Å². The molecule has 0 radical (unpaired) electrons. The molecule has 3 rings (SSSR count). The number of para-hydroxylation sites is 1. The molecule has 0 fully saturated rings. The Morgan fingerprint density at radius 3 is 3.00 bits per heavy atom. The fourth-order valence-corrected chi connectivity index (χ4v) is 1.75. The van der Waals surface area contributed by atoms with Gasteiger partial charge in [-0.05, 0) is 6.07 Å². The molecule has 0 saturated carbocycles. The number of fused-ring (bicyclic) bond motifs is 1. The summed E-state index contributed by atoms with van der Waals surface area (Å²) in [7, 11) is 0. The molecule has 0 spiro atoms. The van der Waals surface area contributed by atoms with Crippen LogP contribution in [0.15, 0.2) is 34.5 Å². The van der Waals surface area contributed by atoms with Crippen LogP contribution in [0, 0.1) is 0 Å². The first-order valence-corrected chi connectivity index (χ1v) is 5.70. The molecule has 100 valence electrons. The van der Waals surface area contributed by atoms with E-state index in [1.807, 2.05) is 6.07 Å². The lowest BCUT2D eigenvalue weighted by atomic mass is 10.2. The molecule has 0 aliphatic heterocycles. The van der Waals surface area contributed by atoms with E-state index in [2.05, 4.69) is 35.8 Å². The van der Waals surface area contributed by atoms with Crippen LogP contribution < -0.4 is 0 Å². The second kappa shape index (κ2) is 4.88. The Morgan fingerprint density at radius 1 is 1.35 bits per heavy atom. The van der Waals surface area contributed by atoms with Crippen molar-refractivity contribution >= 4 is 22.5 Å². The van der Waals surface area contributed by atoms with Crippen LogP contribution in [0.1, 0.15) is 5.82 Å². The fourth-order valence-electron chi connectivity index (χ4n) is 1.75. The molecule has 0 bridgehead atoms. The Bertz CT molecular complexity index is 775. The molecule has 1 aromatic carbocycles. The number of rotatable bonds is 3. The number of H-pyrrole nitrogens is 2. The number of carbonyl (C=O) groups excluding carboxylic acids is 1. The van der Waals surface area contributed by atoms with E-state index >= 15 is 0 Å². The number of aromatic amines is 2. The monoisotopic (exact) mass is 271 g/mol. The van der Waals surface area contributed by atoms with Crippen molar-refractivity contribution in [3.63, 3.8) is 0 Å². The number of nitrogens with zero attached hydrogens (tertiary/aromatic N) is 5. The van der Waals surface area contributed by atoms with Gasteiger partial charge in [0.2, 0.25) is 5.88 Å². The minimum absolute atomic E-state index is 0.108. The van der Waals surface area contributed by atoms with Gasteiger partial charge in [-0.15, -0.1) is 20.4 Å². The first-order valence-electron chi connectivity index (χ1n) is 5.70.